The van der Waals surface area contributed by atoms with Crippen LogP contribution in [0.4, 0.5) is 0 Å². The number of aliphatic hydroxyl groups is 1. The third kappa shape index (κ3) is 3.04. The van der Waals surface area contributed by atoms with E-state index < -0.39 is 0 Å². The Hall–Kier alpha value is -1.33. The van der Waals surface area contributed by atoms with Crippen LogP contribution in [0.1, 0.15) is 30.5 Å². The number of amides is 1. The number of hydrogen-bond acceptors (Lipinski definition) is 3. The first-order chi connectivity index (χ1) is 9.54. The van der Waals surface area contributed by atoms with Crippen LogP contribution in [-0.4, -0.2) is 44.9 Å². The van der Waals surface area contributed by atoms with Crippen molar-refractivity contribution in [2.24, 2.45) is 7.05 Å². The predicted octanol–water partition coefficient (Wildman–Crippen LogP) is 1.77. The Morgan fingerprint density at radius 1 is 1.55 bits per heavy atom. The smallest absolute Gasteiger partial charge is 0.246 e. The van der Waals surface area contributed by atoms with Gasteiger partial charge in [-0.1, -0.05) is 11.6 Å². The number of nitrogens with zero attached hydrogens (tertiary/aromatic N) is 3. The minimum absolute atomic E-state index is 0.0201. The van der Waals surface area contributed by atoms with E-state index in [0.29, 0.717) is 11.7 Å². The van der Waals surface area contributed by atoms with Gasteiger partial charge in [0.15, 0.2) is 0 Å². The molecule has 0 bridgehead atoms. The molecule has 1 saturated heterocycles. The van der Waals surface area contributed by atoms with Crippen molar-refractivity contribution in [3.8, 4) is 0 Å². The van der Waals surface area contributed by atoms with Crippen LogP contribution in [0.2, 0.25) is 5.15 Å². The summed E-state index contributed by atoms with van der Waals surface area (Å²) in [4.78, 5) is 14.0. The van der Waals surface area contributed by atoms with Gasteiger partial charge in [-0.05, 0) is 32.3 Å². The minimum atomic E-state index is -0.0805. The Morgan fingerprint density at radius 3 is 2.90 bits per heavy atom. The average molecular weight is 298 g/mol. The zero-order valence-electron chi connectivity index (χ0n) is 11.8. The number of piperidine rings is 1. The van der Waals surface area contributed by atoms with E-state index in [1.54, 1.807) is 22.7 Å². The van der Waals surface area contributed by atoms with E-state index in [9.17, 15) is 9.90 Å². The molecule has 1 unspecified atom stereocenters. The molecule has 1 fully saturated rings. The lowest BCUT2D eigenvalue weighted by molar-refractivity contribution is -0.130. The second-order valence-electron chi connectivity index (χ2n) is 5.11. The molecule has 0 spiro atoms. The van der Waals surface area contributed by atoms with E-state index in [0.717, 1.165) is 30.5 Å². The summed E-state index contributed by atoms with van der Waals surface area (Å²) in [6.07, 6.45) is 6.14. The van der Waals surface area contributed by atoms with Gasteiger partial charge in [0.2, 0.25) is 5.91 Å². The number of aliphatic hydroxyl groups excluding tert-OH is 1. The fraction of sp³-hybridized carbons (Fsp3) is 0.571. The Labute approximate surface area is 123 Å². The lowest BCUT2D eigenvalue weighted by Gasteiger charge is -2.33. The molecule has 1 aliphatic heterocycles. The molecule has 2 rings (SSSR count). The molecular formula is C14H20ClN3O2. The van der Waals surface area contributed by atoms with E-state index in [4.69, 9.17) is 11.6 Å². The maximum absolute atomic E-state index is 12.2. The Morgan fingerprint density at radius 2 is 2.30 bits per heavy atom. The molecule has 0 aliphatic carbocycles. The molecule has 1 N–H and O–H groups in total. The summed E-state index contributed by atoms with van der Waals surface area (Å²) in [5.41, 5.74) is 1.55. The van der Waals surface area contributed by atoms with Gasteiger partial charge in [0, 0.05) is 25.2 Å². The molecule has 1 aromatic heterocycles. The second kappa shape index (κ2) is 6.41. The first kappa shape index (κ1) is 15.1. The van der Waals surface area contributed by atoms with Gasteiger partial charge in [-0.3, -0.25) is 9.48 Å². The molecule has 6 heteroatoms. The summed E-state index contributed by atoms with van der Waals surface area (Å²) in [6.45, 7) is 2.58. The third-order valence-electron chi connectivity index (χ3n) is 3.71. The number of aryl methyl sites for hydroxylation is 2. The third-order valence-corrected chi connectivity index (χ3v) is 4.16. The largest absolute Gasteiger partial charge is 0.394 e. The van der Waals surface area contributed by atoms with Crippen LogP contribution in [0.25, 0.3) is 6.08 Å². The SMILES string of the molecule is Cc1nn(C)c(Cl)c1/C=C/C(=O)N1CCCCC1CO. The topological polar surface area (TPSA) is 58.4 Å². The Bertz CT molecular complexity index is 525. The summed E-state index contributed by atoms with van der Waals surface area (Å²) < 4.78 is 1.58. The number of halogens is 1. The Balaban J connectivity index is 2.12. The average Bonchev–Trinajstić information content (AvgIpc) is 2.70. The molecule has 0 aromatic carbocycles. The fourth-order valence-corrected chi connectivity index (χ4v) is 2.80. The van der Waals surface area contributed by atoms with Gasteiger partial charge in [-0.15, -0.1) is 0 Å². The summed E-state index contributed by atoms with van der Waals surface area (Å²) >= 11 is 6.12. The molecule has 2 heterocycles. The molecule has 0 radical (unpaired) electrons. The zero-order chi connectivity index (χ0) is 14.7. The summed E-state index contributed by atoms with van der Waals surface area (Å²) in [7, 11) is 1.76. The van der Waals surface area contributed by atoms with Crippen molar-refractivity contribution in [3.63, 3.8) is 0 Å². The van der Waals surface area contributed by atoms with Crippen LogP contribution in [-0.2, 0) is 11.8 Å². The highest BCUT2D eigenvalue weighted by Crippen LogP contribution is 2.21. The quantitative estimate of drug-likeness (QED) is 0.865. The van der Waals surface area contributed by atoms with Gasteiger partial charge in [-0.2, -0.15) is 5.10 Å². The maximum atomic E-state index is 12.2. The van der Waals surface area contributed by atoms with E-state index in [-0.39, 0.29) is 18.6 Å². The van der Waals surface area contributed by atoms with Crippen LogP contribution in [0, 0.1) is 6.92 Å². The Kier molecular flexibility index (Phi) is 4.83. The predicted molar refractivity (Wildman–Crippen MR) is 78.4 cm³/mol. The van der Waals surface area contributed by atoms with E-state index in [1.165, 1.54) is 6.08 Å². The lowest BCUT2D eigenvalue weighted by Crippen LogP contribution is -2.44. The van der Waals surface area contributed by atoms with Crippen LogP contribution >= 0.6 is 11.6 Å². The van der Waals surface area contributed by atoms with Crippen LogP contribution in [0.15, 0.2) is 6.08 Å². The van der Waals surface area contributed by atoms with Crippen molar-refractivity contribution in [2.45, 2.75) is 32.2 Å². The first-order valence-electron chi connectivity index (χ1n) is 6.83. The van der Waals surface area contributed by atoms with Gasteiger partial charge in [0.1, 0.15) is 5.15 Å². The van der Waals surface area contributed by atoms with Crippen molar-refractivity contribution in [2.75, 3.05) is 13.2 Å². The van der Waals surface area contributed by atoms with Gasteiger partial charge in [-0.25, -0.2) is 0 Å². The monoisotopic (exact) mass is 297 g/mol. The molecule has 20 heavy (non-hydrogen) atoms. The van der Waals surface area contributed by atoms with Gasteiger partial charge < -0.3 is 10.0 Å². The first-order valence-corrected chi connectivity index (χ1v) is 7.21. The number of aromatic nitrogens is 2. The second-order valence-corrected chi connectivity index (χ2v) is 5.47. The molecule has 1 aliphatic rings. The highest BCUT2D eigenvalue weighted by atomic mass is 35.5. The highest BCUT2D eigenvalue weighted by Gasteiger charge is 2.24. The summed E-state index contributed by atoms with van der Waals surface area (Å²) in [5.74, 6) is -0.0805. The maximum Gasteiger partial charge on any atom is 0.246 e. The fourth-order valence-electron chi connectivity index (χ4n) is 2.57. The molecule has 1 atom stereocenters. The summed E-state index contributed by atoms with van der Waals surface area (Å²) in [5, 5.41) is 14.1. The number of hydrogen-bond donors (Lipinski definition) is 1. The molecular weight excluding hydrogens is 278 g/mol. The van der Waals surface area contributed by atoms with E-state index >= 15 is 0 Å². The standard InChI is InChI=1S/C14H20ClN3O2/c1-10-12(14(15)17(2)16-10)6-7-13(20)18-8-4-3-5-11(18)9-19/h6-7,11,19H,3-5,8-9H2,1-2H3/b7-6+. The normalized spacial score (nSPS) is 19.8. The molecule has 1 aromatic rings. The van der Waals surface area contributed by atoms with Gasteiger partial charge in [0.25, 0.3) is 0 Å². The number of carbonyl (C=O) groups excluding carboxylic acids is 1. The molecule has 5 nitrogen and oxygen atoms in total. The van der Waals surface area contributed by atoms with E-state index in [2.05, 4.69) is 5.10 Å². The minimum Gasteiger partial charge on any atom is -0.394 e. The number of rotatable bonds is 3. The van der Waals surface area contributed by atoms with Gasteiger partial charge >= 0.3 is 0 Å². The van der Waals surface area contributed by atoms with Crippen molar-refractivity contribution >= 4 is 23.6 Å². The number of carbonyl (C=O) groups is 1. The number of likely N-dealkylation sites (tertiary alicyclic amines) is 1. The van der Waals surface area contributed by atoms with Crippen LogP contribution < -0.4 is 0 Å². The van der Waals surface area contributed by atoms with Crippen molar-refractivity contribution in [1.82, 2.24) is 14.7 Å². The summed E-state index contributed by atoms with van der Waals surface area (Å²) in [6, 6.07) is -0.0635. The lowest BCUT2D eigenvalue weighted by atomic mass is 10.0. The van der Waals surface area contributed by atoms with Crippen molar-refractivity contribution < 1.29 is 9.90 Å². The van der Waals surface area contributed by atoms with Crippen molar-refractivity contribution in [3.05, 3.63) is 22.5 Å². The molecule has 1 amide bonds. The molecule has 110 valence electrons. The molecule has 0 saturated carbocycles. The highest BCUT2D eigenvalue weighted by molar-refractivity contribution is 6.31. The van der Waals surface area contributed by atoms with Gasteiger partial charge in [0.05, 0.1) is 18.3 Å². The van der Waals surface area contributed by atoms with Crippen molar-refractivity contribution in [1.29, 1.82) is 0 Å². The van der Waals surface area contributed by atoms with Crippen LogP contribution in [0.3, 0.4) is 0 Å². The van der Waals surface area contributed by atoms with Crippen LogP contribution in [0.5, 0.6) is 0 Å². The van der Waals surface area contributed by atoms with E-state index in [1.807, 2.05) is 6.92 Å². The zero-order valence-corrected chi connectivity index (χ0v) is 12.6.